The molecule has 0 amide bonds. The van der Waals surface area contributed by atoms with E-state index in [9.17, 15) is 14.5 Å². The summed E-state index contributed by atoms with van der Waals surface area (Å²) in [5.74, 6) is -0.367. The number of hydrogen-bond acceptors (Lipinski definition) is 6. The largest absolute Gasteiger partial charge is 0.462 e. The Morgan fingerprint density at radius 1 is 1.25 bits per heavy atom. The van der Waals surface area contributed by atoms with E-state index < -0.39 is 16.4 Å². The molecule has 0 unspecified atom stereocenters. The lowest BCUT2D eigenvalue weighted by molar-refractivity contribution is -0.383. The molecule has 0 saturated heterocycles. The van der Waals surface area contributed by atoms with Crippen molar-refractivity contribution in [3.05, 3.63) is 69.4 Å². The highest BCUT2D eigenvalue weighted by atomic mass is 35.5. The van der Waals surface area contributed by atoms with Gasteiger partial charge in [0.1, 0.15) is 5.82 Å². The summed E-state index contributed by atoms with van der Waals surface area (Å²) in [5, 5.41) is 14.0. The maximum absolute atomic E-state index is 13.7. The Bertz CT molecular complexity index is 886. The van der Waals surface area contributed by atoms with E-state index in [-0.39, 0.29) is 29.1 Å². The van der Waals surface area contributed by atoms with Gasteiger partial charge in [-0.25, -0.2) is 9.37 Å². The van der Waals surface area contributed by atoms with Gasteiger partial charge in [0, 0.05) is 12.1 Å². The fraction of sp³-hybridized carbons (Fsp3) is 0.0667. The Kier molecular flexibility index (Phi) is 4.39. The first kappa shape index (κ1) is 15.9. The highest BCUT2D eigenvalue weighted by Gasteiger charge is 2.27. The number of hydrogen-bond donors (Lipinski definition) is 1. The van der Waals surface area contributed by atoms with Crippen molar-refractivity contribution in [2.45, 2.75) is 6.54 Å². The van der Waals surface area contributed by atoms with Gasteiger partial charge in [-0.1, -0.05) is 18.2 Å². The monoisotopic (exact) mass is 348 g/mol. The topological polar surface area (TPSA) is 94.1 Å². The van der Waals surface area contributed by atoms with Crippen LogP contribution in [-0.2, 0) is 6.54 Å². The Hall–Kier alpha value is -3.00. The normalized spacial score (nSPS) is 10.6. The molecule has 0 fully saturated rings. The SMILES string of the molecule is O=[N+]([O-])c1c(NCc2ccccc2F)nc(Cl)nc1-c1ccco1. The highest BCUT2D eigenvalue weighted by molar-refractivity contribution is 6.28. The molecule has 0 bridgehead atoms. The minimum Gasteiger partial charge on any atom is -0.462 e. The summed E-state index contributed by atoms with van der Waals surface area (Å²) in [4.78, 5) is 18.5. The number of nitro groups is 1. The average Bonchev–Trinajstić information content (AvgIpc) is 3.07. The lowest BCUT2D eigenvalue weighted by Gasteiger charge is -2.09. The van der Waals surface area contributed by atoms with Gasteiger partial charge in [0.15, 0.2) is 11.5 Å². The number of halogens is 2. The number of rotatable bonds is 5. The minimum atomic E-state index is -0.641. The van der Waals surface area contributed by atoms with Crippen molar-refractivity contribution in [3.8, 4) is 11.5 Å². The Balaban J connectivity index is 2.01. The maximum Gasteiger partial charge on any atom is 0.340 e. The standard InChI is InChI=1S/C15H10ClFN4O3/c16-15-19-12(11-6-3-7-24-11)13(21(22)23)14(20-15)18-8-9-4-1-2-5-10(9)17/h1-7H,8H2,(H,18,19,20). The van der Waals surface area contributed by atoms with E-state index in [0.29, 0.717) is 5.56 Å². The number of aromatic nitrogens is 2. The van der Waals surface area contributed by atoms with E-state index in [1.165, 1.54) is 18.4 Å². The molecule has 24 heavy (non-hydrogen) atoms. The lowest BCUT2D eigenvalue weighted by Crippen LogP contribution is -2.08. The van der Waals surface area contributed by atoms with Crippen LogP contribution in [0.3, 0.4) is 0 Å². The van der Waals surface area contributed by atoms with E-state index in [1.807, 2.05) is 0 Å². The quantitative estimate of drug-likeness (QED) is 0.424. The summed E-state index contributed by atoms with van der Waals surface area (Å²) in [6.07, 6.45) is 1.36. The Morgan fingerprint density at radius 2 is 2.04 bits per heavy atom. The molecule has 0 radical (unpaired) electrons. The lowest BCUT2D eigenvalue weighted by atomic mass is 10.2. The first-order valence-electron chi connectivity index (χ1n) is 6.79. The smallest absolute Gasteiger partial charge is 0.340 e. The second-order valence-corrected chi connectivity index (χ2v) is 5.06. The maximum atomic E-state index is 13.7. The van der Waals surface area contributed by atoms with Crippen LogP contribution < -0.4 is 5.32 Å². The molecule has 7 nitrogen and oxygen atoms in total. The van der Waals surface area contributed by atoms with Crippen molar-refractivity contribution < 1.29 is 13.7 Å². The third kappa shape index (κ3) is 3.18. The molecule has 3 rings (SSSR count). The zero-order chi connectivity index (χ0) is 17.1. The molecule has 1 N–H and O–H groups in total. The van der Waals surface area contributed by atoms with Gasteiger partial charge in [-0.15, -0.1) is 0 Å². The fourth-order valence-corrected chi connectivity index (χ4v) is 2.30. The molecule has 9 heteroatoms. The highest BCUT2D eigenvalue weighted by Crippen LogP contribution is 2.35. The summed E-state index contributed by atoms with van der Waals surface area (Å²) in [6.45, 7) is -0.00154. The third-order valence-electron chi connectivity index (χ3n) is 3.20. The van der Waals surface area contributed by atoms with Gasteiger partial charge < -0.3 is 9.73 Å². The first-order chi connectivity index (χ1) is 11.6. The van der Waals surface area contributed by atoms with Crippen LogP contribution in [0.2, 0.25) is 5.28 Å². The van der Waals surface area contributed by atoms with Crippen LogP contribution in [0.15, 0.2) is 47.1 Å². The van der Waals surface area contributed by atoms with Gasteiger partial charge in [0.05, 0.1) is 11.2 Å². The summed E-state index contributed by atoms with van der Waals surface area (Å²) in [7, 11) is 0. The second kappa shape index (κ2) is 6.63. The Morgan fingerprint density at radius 3 is 2.71 bits per heavy atom. The van der Waals surface area contributed by atoms with E-state index in [0.717, 1.165) is 0 Å². The molecule has 2 heterocycles. The van der Waals surface area contributed by atoms with Crippen LogP contribution in [0, 0.1) is 15.9 Å². The third-order valence-corrected chi connectivity index (χ3v) is 3.37. The summed E-state index contributed by atoms with van der Waals surface area (Å²) < 4.78 is 18.8. The van der Waals surface area contributed by atoms with E-state index in [4.69, 9.17) is 16.0 Å². The first-order valence-corrected chi connectivity index (χ1v) is 7.17. The van der Waals surface area contributed by atoms with Gasteiger partial charge >= 0.3 is 5.69 Å². The fourth-order valence-electron chi connectivity index (χ4n) is 2.13. The van der Waals surface area contributed by atoms with E-state index in [2.05, 4.69) is 15.3 Å². The second-order valence-electron chi connectivity index (χ2n) is 4.72. The van der Waals surface area contributed by atoms with Crippen LogP contribution in [-0.4, -0.2) is 14.9 Å². The molecule has 0 aliphatic heterocycles. The molecule has 122 valence electrons. The molecule has 1 aromatic carbocycles. The molecular formula is C15H10ClFN4O3. The van der Waals surface area contributed by atoms with Gasteiger partial charge in [-0.05, 0) is 29.8 Å². The number of anilines is 1. The van der Waals surface area contributed by atoms with Crippen molar-refractivity contribution in [3.63, 3.8) is 0 Å². The van der Waals surface area contributed by atoms with Gasteiger partial charge in [-0.3, -0.25) is 10.1 Å². The molecular weight excluding hydrogens is 339 g/mol. The van der Waals surface area contributed by atoms with Crippen molar-refractivity contribution >= 4 is 23.1 Å². The van der Waals surface area contributed by atoms with Crippen LogP contribution in [0.1, 0.15) is 5.56 Å². The average molecular weight is 349 g/mol. The summed E-state index contributed by atoms with van der Waals surface area (Å²) in [6, 6.07) is 9.17. The molecule has 0 atom stereocenters. The number of furan rings is 1. The minimum absolute atomic E-state index is 0.00154. The number of nitrogens with zero attached hydrogens (tertiary/aromatic N) is 3. The zero-order valence-electron chi connectivity index (χ0n) is 12.1. The number of nitrogens with one attached hydrogen (secondary N) is 1. The van der Waals surface area contributed by atoms with Crippen LogP contribution >= 0.6 is 11.6 Å². The molecule has 0 aliphatic carbocycles. The summed E-state index contributed by atoms with van der Waals surface area (Å²) in [5.41, 5.74) is -0.118. The van der Waals surface area contributed by atoms with Crippen molar-refractivity contribution in [1.29, 1.82) is 0 Å². The molecule has 3 aromatic rings. The van der Waals surface area contributed by atoms with Crippen molar-refractivity contribution in [2.24, 2.45) is 0 Å². The predicted molar refractivity (Wildman–Crippen MR) is 85.1 cm³/mol. The van der Waals surface area contributed by atoms with Gasteiger partial charge in [-0.2, -0.15) is 4.98 Å². The van der Waals surface area contributed by atoms with Gasteiger partial charge in [0.25, 0.3) is 0 Å². The van der Waals surface area contributed by atoms with Crippen LogP contribution in [0.25, 0.3) is 11.5 Å². The van der Waals surface area contributed by atoms with E-state index in [1.54, 1.807) is 24.3 Å². The molecule has 0 aliphatic rings. The molecule has 2 aromatic heterocycles. The Labute approximate surface area is 140 Å². The van der Waals surface area contributed by atoms with E-state index >= 15 is 0 Å². The van der Waals surface area contributed by atoms with Crippen molar-refractivity contribution in [2.75, 3.05) is 5.32 Å². The van der Waals surface area contributed by atoms with Gasteiger partial charge in [0.2, 0.25) is 11.1 Å². The molecule has 0 spiro atoms. The predicted octanol–water partition coefficient (Wildman–Crippen LogP) is 4.05. The van der Waals surface area contributed by atoms with Crippen molar-refractivity contribution in [1.82, 2.24) is 9.97 Å². The van der Waals surface area contributed by atoms with Crippen LogP contribution in [0.5, 0.6) is 0 Å². The summed E-state index contributed by atoms with van der Waals surface area (Å²) >= 11 is 5.86. The zero-order valence-corrected chi connectivity index (χ0v) is 12.8. The van der Waals surface area contributed by atoms with Crippen LogP contribution in [0.4, 0.5) is 15.9 Å². The molecule has 0 saturated carbocycles. The number of benzene rings is 1.